The summed E-state index contributed by atoms with van der Waals surface area (Å²) in [5, 5.41) is 1.47. The Bertz CT molecular complexity index is 623. The lowest BCUT2D eigenvalue weighted by atomic mass is 10.1. The van der Waals surface area contributed by atoms with Gasteiger partial charge in [0.2, 0.25) is 0 Å². The van der Waals surface area contributed by atoms with E-state index in [9.17, 15) is 45.5 Å². The Hall–Kier alpha value is -2.54. The molecule has 0 aliphatic carbocycles. The third kappa shape index (κ3) is 11.4. The molecule has 0 rings (SSSR count). The number of halogens is 6. The van der Waals surface area contributed by atoms with Crippen LogP contribution in [-0.2, 0) is 28.7 Å². The second kappa shape index (κ2) is 13.0. The van der Waals surface area contributed by atoms with Crippen molar-refractivity contribution >= 4 is 23.8 Å². The number of nitrogens with zero attached hydrogens (tertiary/aromatic N) is 1. The SMILES string of the molecule is CCOC(=O)CCN(CCCCC(NC(=O)C(F)(F)F)C(=O)OCC)C(=O)C(F)(F)F. The third-order valence-corrected chi connectivity index (χ3v) is 3.73. The molecule has 0 saturated carbocycles. The minimum Gasteiger partial charge on any atom is -0.466 e. The Morgan fingerprint density at radius 3 is 1.94 bits per heavy atom. The summed E-state index contributed by atoms with van der Waals surface area (Å²) in [6, 6.07) is -1.67. The van der Waals surface area contributed by atoms with E-state index in [1.165, 1.54) is 19.2 Å². The van der Waals surface area contributed by atoms with Gasteiger partial charge in [0, 0.05) is 13.1 Å². The van der Waals surface area contributed by atoms with E-state index < -0.39 is 61.7 Å². The number of carbonyl (C=O) groups excluding carboxylic acids is 4. The van der Waals surface area contributed by atoms with Crippen molar-refractivity contribution in [2.75, 3.05) is 26.3 Å². The van der Waals surface area contributed by atoms with Gasteiger partial charge in [0.15, 0.2) is 0 Å². The molecule has 0 aromatic heterocycles. The fourth-order valence-electron chi connectivity index (χ4n) is 2.34. The van der Waals surface area contributed by atoms with Gasteiger partial charge < -0.3 is 19.7 Å². The minimum absolute atomic E-state index is 0.00491. The number of hydrogen-bond donors (Lipinski definition) is 1. The standard InChI is InChI=1S/C17H24F6N2O6/c1-3-30-12(26)8-10-25(15(29)17(21,22)23)9-6-5-7-11(13(27)31-4-2)24-14(28)16(18,19)20/h11H,3-10H2,1-2H3,(H,24,28). The molecule has 0 spiro atoms. The first-order valence-corrected chi connectivity index (χ1v) is 9.30. The maximum absolute atomic E-state index is 12.7. The Labute approximate surface area is 174 Å². The Morgan fingerprint density at radius 1 is 0.871 bits per heavy atom. The van der Waals surface area contributed by atoms with Crippen LogP contribution in [0.3, 0.4) is 0 Å². The van der Waals surface area contributed by atoms with E-state index in [2.05, 4.69) is 9.47 Å². The summed E-state index contributed by atoms with van der Waals surface area (Å²) in [6.07, 6.45) is -11.6. The predicted molar refractivity (Wildman–Crippen MR) is 92.4 cm³/mol. The van der Waals surface area contributed by atoms with Crippen LogP contribution in [0.2, 0.25) is 0 Å². The topological polar surface area (TPSA) is 102 Å². The summed E-state index contributed by atoms with van der Waals surface area (Å²) in [7, 11) is 0. The van der Waals surface area contributed by atoms with Crippen LogP contribution in [0.5, 0.6) is 0 Å². The molecule has 0 heterocycles. The Balaban J connectivity index is 4.94. The number of hydrogen-bond acceptors (Lipinski definition) is 6. The third-order valence-electron chi connectivity index (χ3n) is 3.73. The molecular weight excluding hydrogens is 442 g/mol. The van der Waals surface area contributed by atoms with E-state index >= 15 is 0 Å². The second-order valence-corrected chi connectivity index (χ2v) is 6.12. The molecule has 1 atom stereocenters. The highest BCUT2D eigenvalue weighted by Crippen LogP contribution is 2.20. The molecule has 0 bridgehead atoms. The van der Waals surface area contributed by atoms with Gasteiger partial charge in [-0.05, 0) is 33.1 Å². The zero-order valence-electron chi connectivity index (χ0n) is 16.9. The van der Waals surface area contributed by atoms with Gasteiger partial charge in [0.25, 0.3) is 0 Å². The number of amides is 2. The first-order chi connectivity index (χ1) is 14.2. The molecule has 0 aromatic carbocycles. The number of unbranched alkanes of at least 4 members (excludes halogenated alkanes) is 1. The number of rotatable bonds is 12. The van der Waals surface area contributed by atoms with Crippen molar-refractivity contribution < 1.29 is 55.0 Å². The number of ether oxygens (including phenoxy) is 2. The van der Waals surface area contributed by atoms with Crippen molar-refractivity contribution in [2.24, 2.45) is 0 Å². The van der Waals surface area contributed by atoms with Gasteiger partial charge in [-0.2, -0.15) is 26.3 Å². The first-order valence-electron chi connectivity index (χ1n) is 9.30. The van der Waals surface area contributed by atoms with E-state index in [4.69, 9.17) is 0 Å². The summed E-state index contributed by atoms with van der Waals surface area (Å²) in [6.45, 7) is 1.66. The molecule has 0 aromatic rings. The molecule has 31 heavy (non-hydrogen) atoms. The summed E-state index contributed by atoms with van der Waals surface area (Å²) >= 11 is 0. The maximum Gasteiger partial charge on any atom is 0.471 e. The predicted octanol–water partition coefficient (Wildman–Crippen LogP) is 2.11. The molecule has 2 amide bonds. The lowest BCUT2D eigenvalue weighted by Crippen LogP contribution is -2.47. The average Bonchev–Trinajstić information content (AvgIpc) is 2.64. The largest absolute Gasteiger partial charge is 0.471 e. The molecule has 14 heteroatoms. The molecule has 0 saturated heterocycles. The highest BCUT2D eigenvalue weighted by Gasteiger charge is 2.43. The van der Waals surface area contributed by atoms with E-state index in [-0.39, 0.29) is 32.5 Å². The summed E-state index contributed by atoms with van der Waals surface area (Å²) < 4.78 is 84.6. The number of esters is 2. The molecule has 1 N–H and O–H groups in total. The molecule has 1 unspecified atom stereocenters. The number of carbonyl (C=O) groups is 4. The van der Waals surface area contributed by atoms with Crippen molar-refractivity contribution in [3.05, 3.63) is 0 Å². The van der Waals surface area contributed by atoms with Crippen molar-refractivity contribution in [3.8, 4) is 0 Å². The molecule has 0 aliphatic heterocycles. The van der Waals surface area contributed by atoms with Crippen LogP contribution in [0, 0.1) is 0 Å². The molecule has 8 nitrogen and oxygen atoms in total. The average molecular weight is 466 g/mol. The first kappa shape index (κ1) is 28.5. The lowest BCUT2D eigenvalue weighted by molar-refractivity contribution is -0.185. The van der Waals surface area contributed by atoms with Crippen molar-refractivity contribution in [1.82, 2.24) is 10.2 Å². The summed E-state index contributed by atoms with van der Waals surface area (Å²) in [5.41, 5.74) is 0. The summed E-state index contributed by atoms with van der Waals surface area (Å²) in [5.74, 6) is -6.50. The van der Waals surface area contributed by atoms with E-state index in [0.717, 1.165) is 0 Å². The van der Waals surface area contributed by atoms with Crippen LogP contribution in [0.25, 0.3) is 0 Å². The van der Waals surface area contributed by atoms with Crippen LogP contribution in [0.4, 0.5) is 26.3 Å². The monoisotopic (exact) mass is 466 g/mol. The number of alkyl halides is 6. The minimum atomic E-state index is -5.24. The maximum atomic E-state index is 12.7. The van der Waals surface area contributed by atoms with Gasteiger partial charge in [-0.1, -0.05) is 0 Å². The van der Waals surface area contributed by atoms with Crippen molar-refractivity contribution in [3.63, 3.8) is 0 Å². The molecule has 0 fully saturated rings. The van der Waals surface area contributed by atoms with Crippen LogP contribution >= 0.6 is 0 Å². The molecular formula is C17H24F6N2O6. The van der Waals surface area contributed by atoms with Crippen LogP contribution < -0.4 is 5.32 Å². The Morgan fingerprint density at radius 2 is 1.45 bits per heavy atom. The van der Waals surface area contributed by atoms with Crippen LogP contribution in [-0.4, -0.2) is 73.4 Å². The van der Waals surface area contributed by atoms with E-state index in [1.54, 1.807) is 0 Å². The van der Waals surface area contributed by atoms with Crippen molar-refractivity contribution in [1.29, 1.82) is 0 Å². The van der Waals surface area contributed by atoms with Gasteiger partial charge in [-0.15, -0.1) is 0 Å². The Kier molecular flexibility index (Phi) is 11.9. The van der Waals surface area contributed by atoms with Gasteiger partial charge in [0.05, 0.1) is 19.6 Å². The van der Waals surface area contributed by atoms with Crippen LogP contribution in [0.1, 0.15) is 39.5 Å². The highest BCUT2D eigenvalue weighted by atomic mass is 19.4. The second-order valence-electron chi connectivity index (χ2n) is 6.12. The number of nitrogens with one attached hydrogen (secondary N) is 1. The molecule has 0 aliphatic rings. The van der Waals surface area contributed by atoms with E-state index in [0.29, 0.717) is 4.90 Å². The van der Waals surface area contributed by atoms with Gasteiger partial charge >= 0.3 is 36.1 Å². The van der Waals surface area contributed by atoms with Gasteiger partial charge in [0.1, 0.15) is 6.04 Å². The molecule has 180 valence electrons. The van der Waals surface area contributed by atoms with Crippen LogP contribution in [0.15, 0.2) is 0 Å². The van der Waals surface area contributed by atoms with E-state index in [1.807, 2.05) is 0 Å². The van der Waals surface area contributed by atoms with Gasteiger partial charge in [-0.3, -0.25) is 14.4 Å². The smallest absolute Gasteiger partial charge is 0.466 e. The fraction of sp³-hybridized carbons (Fsp3) is 0.765. The summed E-state index contributed by atoms with van der Waals surface area (Å²) in [4.78, 5) is 46.0. The lowest BCUT2D eigenvalue weighted by Gasteiger charge is -2.24. The quantitative estimate of drug-likeness (QED) is 0.269. The van der Waals surface area contributed by atoms with Gasteiger partial charge in [-0.25, -0.2) is 4.79 Å². The zero-order valence-corrected chi connectivity index (χ0v) is 16.9. The normalized spacial score (nSPS) is 12.6. The fourth-order valence-corrected chi connectivity index (χ4v) is 2.34. The molecule has 0 radical (unpaired) electrons. The highest BCUT2D eigenvalue weighted by molar-refractivity contribution is 5.87. The van der Waals surface area contributed by atoms with Crippen molar-refractivity contribution in [2.45, 2.75) is 57.9 Å². The zero-order chi connectivity index (χ0) is 24.2.